The zero-order chi connectivity index (χ0) is 16.9. The maximum atomic E-state index is 12.4. The van der Waals surface area contributed by atoms with Crippen LogP contribution in [0.4, 0.5) is 0 Å². The van der Waals surface area contributed by atoms with Gasteiger partial charge >= 0.3 is 0 Å². The molecule has 1 amide bonds. The molecule has 1 atom stereocenters. The highest BCUT2D eigenvalue weighted by Crippen LogP contribution is 2.18. The number of aryl methyl sites for hydroxylation is 2. The van der Waals surface area contributed by atoms with E-state index in [1.807, 2.05) is 26.0 Å². The van der Waals surface area contributed by atoms with E-state index >= 15 is 0 Å². The van der Waals surface area contributed by atoms with E-state index in [4.69, 9.17) is 9.26 Å². The minimum absolute atomic E-state index is 0. The van der Waals surface area contributed by atoms with Crippen molar-refractivity contribution >= 4 is 18.3 Å². The number of halogens is 1. The highest BCUT2D eigenvalue weighted by Gasteiger charge is 2.17. The third-order valence-corrected chi connectivity index (χ3v) is 4.29. The molecule has 1 aliphatic rings. The molecule has 6 nitrogen and oxygen atoms in total. The second kappa shape index (κ2) is 8.87. The van der Waals surface area contributed by atoms with Gasteiger partial charge in [0.1, 0.15) is 18.1 Å². The zero-order valence-corrected chi connectivity index (χ0v) is 15.3. The van der Waals surface area contributed by atoms with Crippen LogP contribution in [-0.2, 0) is 6.61 Å². The molecule has 1 saturated heterocycles. The van der Waals surface area contributed by atoms with E-state index in [0.717, 1.165) is 42.9 Å². The van der Waals surface area contributed by atoms with Crippen LogP contribution in [0.25, 0.3) is 0 Å². The van der Waals surface area contributed by atoms with Crippen LogP contribution in [0.15, 0.2) is 28.8 Å². The number of amides is 1. The number of hydrogen-bond acceptors (Lipinski definition) is 5. The summed E-state index contributed by atoms with van der Waals surface area (Å²) in [5, 5.41) is 10.3. The highest BCUT2D eigenvalue weighted by atomic mass is 35.5. The third-order valence-electron chi connectivity index (χ3n) is 4.29. The van der Waals surface area contributed by atoms with Crippen molar-refractivity contribution in [2.45, 2.75) is 39.3 Å². The predicted molar refractivity (Wildman–Crippen MR) is 97.4 cm³/mol. The van der Waals surface area contributed by atoms with Crippen LogP contribution in [0.2, 0.25) is 0 Å². The van der Waals surface area contributed by atoms with E-state index < -0.39 is 0 Å². The topological polar surface area (TPSA) is 76.4 Å². The first-order valence-corrected chi connectivity index (χ1v) is 8.29. The smallest absolute Gasteiger partial charge is 0.251 e. The van der Waals surface area contributed by atoms with Gasteiger partial charge in [-0.05, 0) is 51.4 Å². The van der Waals surface area contributed by atoms with Gasteiger partial charge < -0.3 is 19.9 Å². The summed E-state index contributed by atoms with van der Waals surface area (Å²) in [6.07, 6.45) is 2.10. The first kappa shape index (κ1) is 19.3. The van der Waals surface area contributed by atoms with E-state index in [0.29, 0.717) is 17.9 Å². The largest absolute Gasteiger partial charge is 0.489 e. The van der Waals surface area contributed by atoms with Gasteiger partial charge in [0, 0.05) is 18.2 Å². The van der Waals surface area contributed by atoms with Crippen LogP contribution in [-0.4, -0.2) is 30.2 Å². The van der Waals surface area contributed by atoms with Crippen LogP contribution in [0.1, 0.15) is 40.2 Å². The summed E-state index contributed by atoms with van der Waals surface area (Å²) in [7, 11) is 0. The molecule has 2 N–H and O–H groups in total. The van der Waals surface area contributed by atoms with Gasteiger partial charge in [0.25, 0.3) is 5.91 Å². The molecule has 0 bridgehead atoms. The van der Waals surface area contributed by atoms with Gasteiger partial charge in [0.2, 0.25) is 0 Å². The molecule has 1 aromatic carbocycles. The predicted octanol–water partition coefficient (Wildman–Crippen LogP) is 2.77. The summed E-state index contributed by atoms with van der Waals surface area (Å²) in [6.45, 7) is 5.97. The molecule has 3 rings (SSSR count). The standard InChI is InChI=1S/C18H23N3O3.ClH/c1-12-17(13(2)24-21-12)11-23-16-7-3-5-14(9-16)18(22)20-15-6-4-8-19-10-15;/h3,5,7,9,15,19H,4,6,8,10-11H2,1-2H3,(H,20,22);1H/t15-;/m0./s1. The van der Waals surface area contributed by atoms with Crippen LogP contribution in [0, 0.1) is 13.8 Å². The second-order valence-electron chi connectivity index (χ2n) is 6.14. The molecule has 7 heteroatoms. The Kier molecular flexibility index (Phi) is 6.84. The Balaban J connectivity index is 0.00000225. The van der Waals surface area contributed by atoms with Gasteiger partial charge in [-0.1, -0.05) is 11.2 Å². The summed E-state index contributed by atoms with van der Waals surface area (Å²) in [4.78, 5) is 12.4. The molecule has 1 fully saturated rings. The lowest BCUT2D eigenvalue weighted by Gasteiger charge is -2.23. The summed E-state index contributed by atoms with van der Waals surface area (Å²) in [6, 6.07) is 7.43. The maximum absolute atomic E-state index is 12.4. The monoisotopic (exact) mass is 365 g/mol. The normalized spacial score (nSPS) is 16.8. The van der Waals surface area contributed by atoms with Crippen LogP contribution in [0.5, 0.6) is 5.75 Å². The van der Waals surface area contributed by atoms with E-state index in [1.165, 1.54) is 0 Å². The summed E-state index contributed by atoms with van der Waals surface area (Å²) < 4.78 is 10.9. The Morgan fingerprint density at radius 3 is 2.96 bits per heavy atom. The fourth-order valence-corrected chi connectivity index (χ4v) is 2.83. The van der Waals surface area contributed by atoms with Crippen LogP contribution in [0.3, 0.4) is 0 Å². The SMILES string of the molecule is Cc1noc(C)c1COc1cccc(C(=O)N[C@H]2CCCNC2)c1.Cl. The number of benzene rings is 1. The highest BCUT2D eigenvalue weighted by molar-refractivity contribution is 5.94. The molecule has 1 aliphatic heterocycles. The van der Waals surface area contributed by atoms with Crippen molar-refractivity contribution in [1.82, 2.24) is 15.8 Å². The molecular formula is C18H24ClN3O3. The molecule has 0 radical (unpaired) electrons. The molecule has 25 heavy (non-hydrogen) atoms. The van der Waals surface area contributed by atoms with Gasteiger partial charge in [-0.3, -0.25) is 4.79 Å². The van der Waals surface area contributed by atoms with Gasteiger partial charge in [0.05, 0.1) is 11.3 Å². The van der Waals surface area contributed by atoms with Crippen molar-refractivity contribution in [3.8, 4) is 5.75 Å². The molecule has 2 aromatic rings. The lowest BCUT2D eigenvalue weighted by molar-refractivity contribution is 0.0930. The van der Waals surface area contributed by atoms with Crippen LogP contribution < -0.4 is 15.4 Å². The Morgan fingerprint density at radius 1 is 1.44 bits per heavy atom. The van der Waals surface area contributed by atoms with Crippen molar-refractivity contribution in [1.29, 1.82) is 0 Å². The molecule has 136 valence electrons. The van der Waals surface area contributed by atoms with E-state index in [2.05, 4.69) is 15.8 Å². The number of ether oxygens (including phenoxy) is 1. The molecular weight excluding hydrogens is 342 g/mol. The van der Waals surface area contributed by atoms with Crippen LogP contribution >= 0.6 is 12.4 Å². The van der Waals surface area contributed by atoms with Crippen molar-refractivity contribution in [2.75, 3.05) is 13.1 Å². The van der Waals surface area contributed by atoms with E-state index in [9.17, 15) is 4.79 Å². The van der Waals surface area contributed by atoms with Crippen molar-refractivity contribution in [3.05, 3.63) is 46.8 Å². The first-order valence-electron chi connectivity index (χ1n) is 8.29. The summed E-state index contributed by atoms with van der Waals surface area (Å²) >= 11 is 0. The molecule has 2 heterocycles. The molecule has 0 spiro atoms. The number of aromatic nitrogens is 1. The fraction of sp³-hybridized carbons (Fsp3) is 0.444. The van der Waals surface area contributed by atoms with Crippen molar-refractivity contribution in [3.63, 3.8) is 0 Å². The summed E-state index contributed by atoms with van der Waals surface area (Å²) in [5.74, 6) is 1.35. The summed E-state index contributed by atoms with van der Waals surface area (Å²) in [5.41, 5.74) is 2.38. The number of hydrogen-bond donors (Lipinski definition) is 2. The molecule has 0 unspecified atom stereocenters. The Morgan fingerprint density at radius 2 is 2.28 bits per heavy atom. The van der Waals surface area contributed by atoms with E-state index in [-0.39, 0.29) is 24.4 Å². The van der Waals surface area contributed by atoms with Gasteiger partial charge in [-0.2, -0.15) is 0 Å². The lowest BCUT2D eigenvalue weighted by Crippen LogP contribution is -2.45. The van der Waals surface area contributed by atoms with Crippen molar-refractivity contribution < 1.29 is 14.1 Å². The minimum Gasteiger partial charge on any atom is -0.489 e. The number of rotatable bonds is 5. The average molecular weight is 366 g/mol. The zero-order valence-electron chi connectivity index (χ0n) is 14.5. The lowest BCUT2D eigenvalue weighted by atomic mass is 10.1. The average Bonchev–Trinajstić information content (AvgIpc) is 2.92. The number of carbonyl (C=O) groups is 1. The first-order chi connectivity index (χ1) is 11.6. The molecule has 0 saturated carbocycles. The Bertz CT molecular complexity index is 692. The Hall–Kier alpha value is -2.05. The van der Waals surface area contributed by atoms with E-state index in [1.54, 1.807) is 12.1 Å². The fourth-order valence-electron chi connectivity index (χ4n) is 2.83. The minimum atomic E-state index is -0.0634. The Labute approximate surface area is 153 Å². The van der Waals surface area contributed by atoms with Gasteiger partial charge in [-0.25, -0.2) is 0 Å². The van der Waals surface area contributed by atoms with Crippen molar-refractivity contribution in [2.24, 2.45) is 0 Å². The maximum Gasteiger partial charge on any atom is 0.251 e. The number of piperidine rings is 1. The van der Waals surface area contributed by atoms with Gasteiger partial charge in [-0.15, -0.1) is 12.4 Å². The van der Waals surface area contributed by atoms with Gasteiger partial charge in [0.15, 0.2) is 0 Å². The molecule has 0 aliphatic carbocycles. The third kappa shape index (κ3) is 4.96. The molecule has 1 aromatic heterocycles. The second-order valence-corrected chi connectivity index (χ2v) is 6.14. The quantitative estimate of drug-likeness (QED) is 0.852. The number of nitrogens with one attached hydrogen (secondary N) is 2. The number of carbonyl (C=O) groups excluding carboxylic acids is 1. The number of nitrogens with zero attached hydrogens (tertiary/aromatic N) is 1.